The molecule has 0 heterocycles. The molecule has 66 valence electrons. The van der Waals surface area contributed by atoms with Gasteiger partial charge in [0, 0.05) is 5.69 Å². The van der Waals surface area contributed by atoms with E-state index in [9.17, 15) is 4.39 Å². The first-order valence-corrected chi connectivity index (χ1v) is 4.23. The Morgan fingerprint density at radius 3 is 2.33 bits per heavy atom. The number of hydrogen-bond donors (Lipinski definition) is 1. The van der Waals surface area contributed by atoms with Crippen LogP contribution < -0.4 is 5.73 Å². The second kappa shape index (κ2) is 4.75. The van der Waals surface area contributed by atoms with Crippen LogP contribution in [0.15, 0.2) is 24.3 Å². The molecule has 0 saturated carbocycles. The Kier molecular flexibility index (Phi) is 3.58. The maximum atomic E-state index is 11.7. The van der Waals surface area contributed by atoms with Crippen molar-refractivity contribution in [2.24, 2.45) is 0 Å². The van der Waals surface area contributed by atoms with Crippen LogP contribution in [0.1, 0.15) is 18.4 Å². The van der Waals surface area contributed by atoms with Gasteiger partial charge in [-0.25, -0.2) is 0 Å². The van der Waals surface area contributed by atoms with E-state index in [1.807, 2.05) is 24.3 Å². The van der Waals surface area contributed by atoms with Gasteiger partial charge in [-0.15, -0.1) is 0 Å². The summed E-state index contributed by atoms with van der Waals surface area (Å²) in [4.78, 5) is 0. The molecule has 1 nitrogen and oxygen atoms in total. The molecule has 0 aliphatic rings. The van der Waals surface area contributed by atoms with E-state index in [1.54, 1.807) is 0 Å². The van der Waals surface area contributed by atoms with Crippen molar-refractivity contribution in [1.82, 2.24) is 0 Å². The quantitative estimate of drug-likeness (QED) is 0.541. The van der Waals surface area contributed by atoms with Crippen molar-refractivity contribution in [1.29, 1.82) is 0 Å². The van der Waals surface area contributed by atoms with Gasteiger partial charge >= 0.3 is 0 Å². The van der Waals surface area contributed by atoms with Crippen LogP contribution in [-0.4, -0.2) is 6.67 Å². The number of rotatable bonds is 4. The molecule has 0 amide bonds. The van der Waals surface area contributed by atoms with Gasteiger partial charge in [0.05, 0.1) is 6.67 Å². The van der Waals surface area contributed by atoms with Crippen molar-refractivity contribution in [3.05, 3.63) is 29.8 Å². The molecule has 0 spiro atoms. The first-order chi connectivity index (χ1) is 5.83. The van der Waals surface area contributed by atoms with Crippen LogP contribution in [0.4, 0.5) is 10.1 Å². The highest BCUT2D eigenvalue weighted by atomic mass is 19.1. The molecule has 0 bridgehead atoms. The zero-order valence-corrected chi connectivity index (χ0v) is 7.09. The molecular formula is C10H14FN. The number of halogens is 1. The number of anilines is 1. The van der Waals surface area contributed by atoms with E-state index in [0.29, 0.717) is 6.42 Å². The summed E-state index contributed by atoms with van der Waals surface area (Å²) in [6.45, 7) is -0.213. The van der Waals surface area contributed by atoms with Gasteiger partial charge in [-0.1, -0.05) is 12.1 Å². The molecule has 0 saturated heterocycles. The zero-order chi connectivity index (χ0) is 8.81. The molecule has 0 aromatic heterocycles. The van der Waals surface area contributed by atoms with Gasteiger partial charge in [0.1, 0.15) is 0 Å². The van der Waals surface area contributed by atoms with Crippen LogP contribution in [0.3, 0.4) is 0 Å². The number of aryl methyl sites for hydroxylation is 1. The lowest BCUT2D eigenvalue weighted by Gasteiger charge is -1.99. The number of alkyl halides is 1. The third-order valence-electron chi connectivity index (χ3n) is 1.83. The van der Waals surface area contributed by atoms with Crippen LogP contribution in [0.2, 0.25) is 0 Å². The third kappa shape index (κ3) is 2.91. The smallest absolute Gasteiger partial charge is 0.0894 e. The largest absolute Gasteiger partial charge is 0.399 e. The van der Waals surface area contributed by atoms with Gasteiger partial charge in [0.2, 0.25) is 0 Å². The van der Waals surface area contributed by atoms with Crippen LogP contribution >= 0.6 is 0 Å². The van der Waals surface area contributed by atoms with E-state index in [1.165, 1.54) is 5.56 Å². The third-order valence-corrected chi connectivity index (χ3v) is 1.83. The van der Waals surface area contributed by atoms with Crippen LogP contribution in [-0.2, 0) is 6.42 Å². The van der Waals surface area contributed by atoms with Crippen molar-refractivity contribution in [3.63, 3.8) is 0 Å². The second-order valence-electron chi connectivity index (χ2n) is 2.89. The standard InChI is InChI=1S/C10H14FN/c11-8-2-1-3-9-4-6-10(12)7-5-9/h4-7H,1-3,8,12H2. The summed E-state index contributed by atoms with van der Waals surface area (Å²) in [5.74, 6) is 0. The maximum Gasteiger partial charge on any atom is 0.0894 e. The minimum atomic E-state index is -0.213. The van der Waals surface area contributed by atoms with Crippen LogP contribution in [0.25, 0.3) is 0 Å². The number of benzene rings is 1. The lowest BCUT2D eigenvalue weighted by atomic mass is 10.1. The molecule has 1 aromatic rings. The highest BCUT2D eigenvalue weighted by Gasteiger charge is 1.92. The molecule has 0 aliphatic carbocycles. The number of nitrogens with two attached hydrogens (primary N) is 1. The summed E-state index contributed by atoms with van der Waals surface area (Å²) in [6, 6.07) is 7.75. The summed E-state index contributed by atoms with van der Waals surface area (Å²) < 4.78 is 11.7. The molecule has 1 aromatic carbocycles. The molecule has 0 fully saturated rings. The highest BCUT2D eigenvalue weighted by molar-refractivity contribution is 5.39. The van der Waals surface area contributed by atoms with Crippen LogP contribution in [0.5, 0.6) is 0 Å². The Balaban J connectivity index is 2.37. The topological polar surface area (TPSA) is 26.0 Å². The molecule has 0 radical (unpaired) electrons. The van der Waals surface area contributed by atoms with E-state index >= 15 is 0 Å². The Morgan fingerprint density at radius 1 is 1.08 bits per heavy atom. The molecule has 0 aliphatic heterocycles. The summed E-state index contributed by atoms with van der Waals surface area (Å²) in [7, 11) is 0. The van der Waals surface area contributed by atoms with Crippen molar-refractivity contribution in [2.45, 2.75) is 19.3 Å². The molecule has 12 heavy (non-hydrogen) atoms. The fourth-order valence-electron chi connectivity index (χ4n) is 1.11. The van der Waals surface area contributed by atoms with Gasteiger partial charge in [-0.05, 0) is 37.0 Å². The van der Waals surface area contributed by atoms with Gasteiger partial charge < -0.3 is 5.73 Å². The summed E-state index contributed by atoms with van der Waals surface area (Å²) in [6.07, 6.45) is 2.52. The fraction of sp³-hybridized carbons (Fsp3) is 0.400. The van der Waals surface area contributed by atoms with E-state index in [4.69, 9.17) is 5.73 Å². The fourth-order valence-corrected chi connectivity index (χ4v) is 1.11. The van der Waals surface area contributed by atoms with Crippen LogP contribution in [0, 0.1) is 0 Å². The first kappa shape index (κ1) is 9.04. The Bertz CT molecular complexity index is 218. The van der Waals surface area contributed by atoms with E-state index < -0.39 is 0 Å². The van der Waals surface area contributed by atoms with Crippen molar-refractivity contribution in [3.8, 4) is 0 Å². The SMILES string of the molecule is Nc1ccc(CCCCF)cc1. The van der Waals surface area contributed by atoms with Gasteiger partial charge in [-0.3, -0.25) is 4.39 Å². The monoisotopic (exact) mass is 167 g/mol. The lowest BCUT2D eigenvalue weighted by molar-refractivity contribution is 0.462. The first-order valence-electron chi connectivity index (χ1n) is 4.23. The predicted molar refractivity (Wildman–Crippen MR) is 49.8 cm³/mol. The lowest BCUT2D eigenvalue weighted by Crippen LogP contribution is -1.88. The molecule has 2 heteroatoms. The second-order valence-corrected chi connectivity index (χ2v) is 2.89. The van der Waals surface area contributed by atoms with E-state index in [-0.39, 0.29) is 6.67 Å². The summed E-state index contributed by atoms with van der Waals surface area (Å²) >= 11 is 0. The van der Waals surface area contributed by atoms with E-state index in [0.717, 1.165) is 18.5 Å². The van der Waals surface area contributed by atoms with Gasteiger partial charge in [0.15, 0.2) is 0 Å². The highest BCUT2D eigenvalue weighted by Crippen LogP contribution is 2.08. The van der Waals surface area contributed by atoms with Crippen molar-refractivity contribution in [2.75, 3.05) is 12.4 Å². The number of hydrogen-bond acceptors (Lipinski definition) is 1. The van der Waals surface area contributed by atoms with Crippen molar-refractivity contribution >= 4 is 5.69 Å². The Morgan fingerprint density at radius 2 is 1.75 bits per heavy atom. The minimum Gasteiger partial charge on any atom is -0.399 e. The molecule has 1 rings (SSSR count). The molecule has 0 unspecified atom stereocenters. The average Bonchev–Trinajstić information content (AvgIpc) is 2.09. The predicted octanol–water partition coefficient (Wildman–Crippen LogP) is 2.56. The number of nitrogen functional groups attached to an aromatic ring is 1. The average molecular weight is 167 g/mol. The molecule has 2 N–H and O–H groups in total. The molecule has 0 atom stereocenters. The Hall–Kier alpha value is -1.05. The van der Waals surface area contributed by atoms with Gasteiger partial charge in [-0.2, -0.15) is 0 Å². The van der Waals surface area contributed by atoms with Gasteiger partial charge in [0.25, 0.3) is 0 Å². The molecular weight excluding hydrogens is 153 g/mol. The maximum absolute atomic E-state index is 11.7. The normalized spacial score (nSPS) is 10.1. The van der Waals surface area contributed by atoms with Crippen molar-refractivity contribution < 1.29 is 4.39 Å². The Labute approximate surface area is 72.4 Å². The zero-order valence-electron chi connectivity index (χ0n) is 7.09. The summed E-state index contributed by atoms with van der Waals surface area (Å²) in [5, 5.41) is 0. The minimum absolute atomic E-state index is 0.213. The number of unbranched alkanes of at least 4 members (excludes halogenated alkanes) is 1. The summed E-state index contributed by atoms with van der Waals surface area (Å²) in [5.41, 5.74) is 7.54. The van der Waals surface area contributed by atoms with E-state index in [2.05, 4.69) is 0 Å².